The van der Waals surface area contributed by atoms with Crippen LogP contribution < -0.4 is 5.32 Å². The van der Waals surface area contributed by atoms with Gasteiger partial charge in [-0.05, 0) is 18.6 Å². The number of methoxy groups -OCH3 is 1. The molecule has 2 atom stereocenters. The fourth-order valence-electron chi connectivity index (χ4n) is 1.69. The first kappa shape index (κ1) is 13.5. The van der Waals surface area contributed by atoms with Gasteiger partial charge in [-0.3, -0.25) is 4.79 Å². The van der Waals surface area contributed by atoms with E-state index in [1.807, 2.05) is 6.92 Å². The maximum absolute atomic E-state index is 12.0. The predicted octanol–water partition coefficient (Wildman–Crippen LogP) is 1.68. The van der Waals surface area contributed by atoms with Gasteiger partial charge in [0.2, 0.25) is 0 Å². The number of benzene rings is 1. The summed E-state index contributed by atoms with van der Waals surface area (Å²) < 4.78 is 13.1. The summed E-state index contributed by atoms with van der Waals surface area (Å²) in [4.78, 5) is 23.3. The maximum atomic E-state index is 12.0. The van der Waals surface area contributed by atoms with Crippen molar-refractivity contribution in [1.82, 2.24) is 5.32 Å². The largest absolute Gasteiger partial charge is 0.480 e. The van der Waals surface area contributed by atoms with Gasteiger partial charge in [-0.15, -0.1) is 0 Å². The highest BCUT2D eigenvalue weighted by atomic mass is 16.5. The van der Waals surface area contributed by atoms with Gasteiger partial charge in [0.1, 0.15) is 0 Å². The van der Waals surface area contributed by atoms with Crippen LogP contribution in [0.1, 0.15) is 31.5 Å². The summed E-state index contributed by atoms with van der Waals surface area (Å²) >= 11 is 0. The lowest BCUT2D eigenvalue weighted by molar-refractivity contribution is -0.143. The molecule has 5 nitrogen and oxygen atoms in total. The molecule has 1 aromatic rings. The summed E-state index contributed by atoms with van der Waals surface area (Å²) in [5.41, 5.74) is 0.341. The van der Waals surface area contributed by atoms with Crippen LogP contribution in [-0.2, 0) is 9.53 Å². The SMILES string of the molecule is [2H]C(CCC)(OC)C(NC(=O)c1ccccc1)C(=O)O. The number of amides is 1. The summed E-state index contributed by atoms with van der Waals surface area (Å²) in [7, 11) is 1.27. The van der Waals surface area contributed by atoms with Crippen LogP contribution in [0.4, 0.5) is 0 Å². The van der Waals surface area contributed by atoms with Crippen LogP contribution in [0.2, 0.25) is 0 Å². The van der Waals surface area contributed by atoms with Crippen LogP contribution in [0.25, 0.3) is 0 Å². The van der Waals surface area contributed by atoms with E-state index < -0.39 is 24.0 Å². The van der Waals surface area contributed by atoms with Crippen LogP contribution in [0.5, 0.6) is 0 Å². The van der Waals surface area contributed by atoms with E-state index in [4.69, 9.17) is 6.11 Å². The summed E-state index contributed by atoms with van der Waals surface area (Å²) in [6, 6.07) is 6.84. The number of carboxylic acid groups (broad SMARTS) is 1. The number of aliphatic carboxylic acids is 1. The minimum Gasteiger partial charge on any atom is -0.480 e. The van der Waals surface area contributed by atoms with Crippen LogP contribution in [-0.4, -0.2) is 36.2 Å². The summed E-state index contributed by atoms with van der Waals surface area (Å²) in [6.45, 7) is 1.82. The molecule has 0 spiro atoms. The minimum atomic E-state index is -1.69. The third kappa shape index (κ3) is 4.37. The van der Waals surface area contributed by atoms with Gasteiger partial charge in [-0.1, -0.05) is 31.5 Å². The minimum absolute atomic E-state index is 0.204. The maximum Gasteiger partial charge on any atom is 0.328 e. The van der Waals surface area contributed by atoms with Crippen molar-refractivity contribution >= 4 is 11.9 Å². The van der Waals surface area contributed by atoms with Gasteiger partial charge in [-0.25, -0.2) is 4.79 Å². The van der Waals surface area contributed by atoms with Crippen molar-refractivity contribution < 1.29 is 20.8 Å². The van der Waals surface area contributed by atoms with Crippen molar-refractivity contribution in [3.8, 4) is 0 Å². The lowest BCUT2D eigenvalue weighted by Crippen LogP contribution is -2.49. The fraction of sp³-hybridized carbons (Fsp3) is 0.429. The van der Waals surface area contributed by atoms with E-state index in [9.17, 15) is 14.7 Å². The van der Waals surface area contributed by atoms with Crippen molar-refractivity contribution in [1.29, 1.82) is 0 Å². The molecule has 0 radical (unpaired) electrons. The zero-order valence-electron chi connectivity index (χ0n) is 12.1. The Morgan fingerprint density at radius 1 is 1.42 bits per heavy atom. The number of carbonyl (C=O) groups excluding carboxylic acids is 1. The van der Waals surface area contributed by atoms with E-state index in [0.29, 0.717) is 12.0 Å². The van der Waals surface area contributed by atoms with Gasteiger partial charge in [0.25, 0.3) is 5.91 Å². The van der Waals surface area contributed by atoms with E-state index in [1.54, 1.807) is 30.3 Å². The third-order valence-corrected chi connectivity index (χ3v) is 2.64. The van der Waals surface area contributed by atoms with Gasteiger partial charge in [0.05, 0.1) is 7.45 Å². The number of ether oxygens (including phenoxy) is 1. The molecule has 1 rings (SSSR count). The number of nitrogens with one attached hydrogen (secondary N) is 1. The van der Waals surface area contributed by atoms with E-state index in [-0.39, 0.29) is 6.42 Å². The predicted molar refractivity (Wildman–Crippen MR) is 71.0 cm³/mol. The quantitative estimate of drug-likeness (QED) is 0.787. The molecule has 0 saturated carbocycles. The lowest BCUT2D eigenvalue weighted by atomic mass is 10.1. The summed E-state index contributed by atoms with van der Waals surface area (Å²) in [6.07, 6.45) is -0.914. The number of carboxylic acids is 1. The molecule has 0 aliphatic heterocycles. The molecule has 0 aliphatic rings. The van der Waals surface area contributed by atoms with Gasteiger partial charge >= 0.3 is 5.97 Å². The van der Waals surface area contributed by atoms with Gasteiger partial charge < -0.3 is 15.2 Å². The van der Waals surface area contributed by atoms with E-state index >= 15 is 0 Å². The second kappa shape index (κ2) is 7.53. The standard InChI is InChI=1S/C14H19NO4/c1-3-7-11(19-2)12(14(17)18)15-13(16)10-8-5-4-6-9-10/h4-6,8-9,11-12H,3,7H2,1-2H3,(H,15,16)(H,17,18)/i11D. The van der Waals surface area contributed by atoms with Crippen molar-refractivity contribution in [2.75, 3.05) is 7.11 Å². The first-order chi connectivity index (χ1) is 9.44. The van der Waals surface area contributed by atoms with Crippen molar-refractivity contribution in [2.45, 2.75) is 31.9 Å². The number of hydrogen-bond donors (Lipinski definition) is 2. The fourth-order valence-corrected chi connectivity index (χ4v) is 1.69. The highest BCUT2D eigenvalue weighted by Gasteiger charge is 2.29. The molecule has 0 aliphatic carbocycles. The Kier molecular flexibility index (Phi) is 5.37. The Bertz CT molecular complexity index is 466. The average Bonchev–Trinajstić information content (AvgIpc) is 2.45. The van der Waals surface area contributed by atoms with Crippen molar-refractivity contribution in [2.24, 2.45) is 0 Å². The Morgan fingerprint density at radius 3 is 2.53 bits per heavy atom. The first-order valence-electron chi connectivity index (χ1n) is 6.58. The third-order valence-electron chi connectivity index (χ3n) is 2.64. The summed E-state index contributed by atoms with van der Waals surface area (Å²) in [5, 5.41) is 11.6. The molecule has 0 fully saturated rings. The monoisotopic (exact) mass is 266 g/mol. The zero-order valence-corrected chi connectivity index (χ0v) is 11.1. The molecule has 2 N–H and O–H groups in total. The second-order valence-electron chi connectivity index (χ2n) is 4.03. The first-order valence-corrected chi connectivity index (χ1v) is 6.08. The van der Waals surface area contributed by atoms with E-state index in [0.717, 1.165) is 0 Å². The molecule has 0 saturated heterocycles. The second-order valence-corrected chi connectivity index (χ2v) is 4.03. The van der Waals surface area contributed by atoms with Gasteiger partial charge in [-0.2, -0.15) is 0 Å². The molecule has 0 heterocycles. The zero-order chi connectivity index (χ0) is 15.2. The Morgan fingerprint density at radius 2 is 2.05 bits per heavy atom. The molecule has 0 aromatic heterocycles. The van der Waals surface area contributed by atoms with E-state index in [1.165, 1.54) is 7.11 Å². The van der Waals surface area contributed by atoms with Gasteiger partial charge in [0.15, 0.2) is 6.04 Å². The van der Waals surface area contributed by atoms with Crippen LogP contribution in [0.15, 0.2) is 30.3 Å². The average molecular weight is 266 g/mol. The van der Waals surface area contributed by atoms with Crippen molar-refractivity contribution in [3.05, 3.63) is 35.9 Å². The van der Waals surface area contributed by atoms with E-state index in [2.05, 4.69) is 5.32 Å². The molecule has 104 valence electrons. The molecule has 2 unspecified atom stereocenters. The summed E-state index contributed by atoms with van der Waals surface area (Å²) in [5.74, 6) is -1.83. The molecule has 0 bridgehead atoms. The molecule has 5 heteroatoms. The molecular weight excluding hydrogens is 246 g/mol. The number of carbonyl (C=O) groups is 2. The lowest BCUT2D eigenvalue weighted by Gasteiger charge is -2.23. The smallest absolute Gasteiger partial charge is 0.328 e. The van der Waals surface area contributed by atoms with Crippen LogP contribution in [0, 0.1) is 0 Å². The Labute approximate surface area is 114 Å². The number of hydrogen-bond acceptors (Lipinski definition) is 3. The Balaban J connectivity index is 2.93. The van der Waals surface area contributed by atoms with Crippen molar-refractivity contribution in [3.63, 3.8) is 0 Å². The molecule has 1 amide bonds. The highest BCUT2D eigenvalue weighted by molar-refractivity contribution is 5.96. The molecule has 19 heavy (non-hydrogen) atoms. The van der Waals surface area contributed by atoms with Gasteiger partial charge in [0, 0.05) is 12.7 Å². The topological polar surface area (TPSA) is 75.6 Å². The Hall–Kier alpha value is -1.88. The van der Waals surface area contributed by atoms with Crippen LogP contribution >= 0.6 is 0 Å². The molecular formula is C14H19NO4. The molecule has 1 aromatic carbocycles. The number of rotatable bonds is 7. The highest BCUT2D eigenvalue weighted by Crippen LogP contribution is 2.08. The van der Waals surface area contributed by atoms with Crippen LogP contribution in [0.3, 0.4) is 0 Å². The normalized spacial score (nSPS) is 16.0.